The van der Waals surface area contributed by atoms with Crippen molar-refractivity contribution in [3.05, 3.63) is 16.5 Å². The summed E-state index contributed by atoms with van der Waals surface area (Å²) in [5.41, 5.74) is 0.883. The first-order valence-corrected chi connectivity index (χ1v) is 6.86. The summed E-state index contributed by atoms with van der Waals surface area (Å²) in [5, 5.41) is 8.63. The Morgan fingerprint density at radius 2 is 2.06 bits per heavy atom. The Labute approximate surface area is 98.2 Å². The van der Waals surface area contributed by atoms with Crippen LogP contribution in [-0.2, 0) is 14.8 Å². The predicted molar refractivity (Wildman–Crippen MR) is 61.2 cm³/mol. The van der Waals surface area contributed by atoms with Gasteiger partial charge in [-0.3, -0.25) is 4.79 Å². The zero-order chi connectivity index (χ0) is 12.5. The molecular formula is C9H13NO4S2. The Bertz CT molecular complexity index is 484. The molecule has 0 saturated carbocycles. The maximum Gasteiger partial charge on any atom is 0.321 e. The number of aryl methyl sites for hydroxylation is 2. The van der Waals surface area contributed by atoms with Crippen LogP contribution in [0.25, 0.3) is 0 Å². The molecule has 0 amide bonds. The molecule has 1 heterocycles. The molecule has 0 aliphatic carbocycles. The van der Waals surface area contributed by atoms with E-state index in [0.717, 1.165) is 21.8 Å². The highest BCUT2D eigenvalue weighted by Gasteiger charge is 2.23. The molecule has 0 bridgehead atoms. The molecule has 7 heteroatoms. The van der Waals surface area contributed by atoms with Gasteiger partial charge in [-0.1, -0.05) is 0 Å². The zero-order valence-electron chi connectivity index (χ0n) is 9.14. The van der Waals surface area contributed by atoms with Gasteiger partial charge in [0.15, 0.2) is 0 Å². The van der Waals surface area contributed by atoms with Crippen molar-refractivity contribution in [1.29, 1.82) is 0 Å². The van der Waals surface area contributed by atoms with Crippen LogP contribution in [-0.4, -0.2) is 25.5 Å². The summed E-state index contributed by atoms with van der Waals surface area (Å²) < 4.78 is 25.7. The second-order valence-corrected chi connectivity index (χ2v) is 6.68. The highest BCUT2D eigenvalue weighted by molar-refractivity contribution is 7.91. The van der Waals surface area contributed by atoms with Crippen LogP contribution in [0.1, 0.15) is 17.4 Å². The summed E-state index contributed by atoms with van der Waals surface area (Å²) in [6, 6.07) is 0.407. The minimum absolute atomic E-state index is 0.149. The SMILES string of the molecule is Cc1cc(S(=O)(=O)N[C@H](C)C(=O)O)sc1C. The molecule has 0 aliphatic rings. The highest BCUT2D eigenvalue weighted by Crippen LogP contribution is 2.24. The topological polar surface area (TPSA) is 83.5 Å². The standard InChI is InChI=1S/C9H13NO4S2/c1-5-4-8(15-7(5)3)16(13,14)10-6(2)9(11)12/h4,6,10H,1-3H3,(H,11,12)/t6-/m1/s1. The minimum atomic E-state index is -3.72. The molecule has 5 nitrogen and oxygen atoms in total. The first kappa shape index (κ1) is 13.1. The Kier molecular flexibility index (Phi) is 3.72. The maximum atomic E-state index is 11.7. The Hall–Kier alpha value is -0.920. The lowest BCUT2D eigenvalue weighted by atomic mass is 10.3. The van der Waals surface area contributed by atoms with E-state index in [4.69, 9.17) is 5.11 Å². The predicted octanol–water partition coefficient (Wildman–Crippen LogP) is 1.12. The minimum Gasteiger partial charge on any atom is -0.480 e. The molecule has 0 aliphatic heterocycles. The number of thiophene rings is 1. The number of nitrogens with one attached hydrogen (secondary N) is 1. The third kappa shape index (κ3) is 2.81. The van der Waals surface area contributed by atoms with E-state index in [9.17, 15) is 13.2 Å². The number of carbonyl (C=O) groups is 1. The number of aliphatic carboxylic acids is 1. The fourth-order valence-electron chi connectivity index (χ4n) is 1.01. The molecule has 0 aromatic carbocycles. The van der Waals surface area contributed by atoms with E-state index in [-0.39, 0.29) is 4.21 Å². The van der Waals surface area contributed by atoms with Gasteiger partial charge < -0.3 is 5.11 Å². The van der Waals surface area contributed by atoms with Crippen LogP contribution in [0.3, 0.4) is 0 Å². The number of carboxylic acids is 1. The number of carboxylic acid groups (broad SMARTS) is 1. The van der Waals surface area contributed by atoms with Crippen molar-refractivity contribution in [3.63, 3.8) is 0 Å². The first-order chi connectivity index (χ1) is 7.24. The monoisotopic (exact) mass is 263 g/mol. The Morgan fingerprint density at radius 1 is 1.50 bits per heavy atom. The van der Waals surface area contributed by atoms with Crippen molar-refractivity contribution >= 4 is 27.3 Å². The summed E-state index contributed by atoms with van der Waals surface area (Å²) in [7, 11) is -3.72. The van der Waals surface area contributed by atoms with Gasteiger partial charge in [-0.25, -0.2) is 8.42 Å². The molecule has 0 fully saturated rings. The van der Waals surface area contributed by atoms with Gasteiger partial charge in [0.05, 0.1) is 0 Å². The largest absolute Gasteiger partial charge is 0.480 e. The van der Waals surface area contributed by atoms with Crippen molar-refractivity contribution in [1.82, 2.24) is 4.72 Å². The molecule has 1 aromatic heterocycles. The highest BCUT2D eigenvalue weighted by atomic mass is 32.2. The summed E-state index contributed by atoms with van der Waals surface area (Å²) in [6.07, 6.45) is 0. The average molecular weight is 263 g/mol. The van der Waals surface area contributed by atoms with E-state index in [0.29, 0.717) is 0 Å². The van der Waals surface area contributed by atoms with Gasteiger partial charge in [0.2, 0.25) is 0 Å². The van der Waals surface area contributed by atoms with Crippen LogP contribution < -0.4 is 4.72 Å². The van der Waals surface area contributed by atoms with Gasteiger partial charge in [-0.05, 0) is 32.4 Å². The molecule has 16 heavy (non-hydrogen) atoms. The van der Waals surface area contributed by atoms with Crippen LogP contribution in [0, 0.1) is 13.8 Å². The van der Waals surface area contributed by atoms with E-state index in [2.05, 4.69) is 4.72 Å². The van der Waals surface area contributed by atoms with Crippen LogP contribution in [0.4, 0.5) is 0 Å². The van der Waals surface area contributed by atoms with E-state index in [1.54, 1.807) is 0 Å². The third-order valence-corrected chi connectivity index (χ3v) is 5.28. The van der Waals surface area contributed by atoms with E-state index >= 15 is 0 Å². The third-order valence-electron chi connectivity index (χ3n) is 2.11. The molecule has 1 rings (SSSR count). The molecule has 0 spiro atoms. The quantitative estimate of drug-likeness (QED) is 0.852. The Morgan fingerprint density at radius 3 is 2.44 bits per heavy atom. The van der Waals surface area contributed by atoms with Gasteiger partial charge in [0, 0.05) is 4.88 Å². The number of sulfonamides is 1. The Balaban J connectivity index is 2.99. The smallest absolute Gasteiger partial charge is 0.321 e. The molecule has 90 valence electrons. The summed E-state index contributed by atoms with van der Waals surface area (Å²) in [4.78, 5) is 11.5. The van der Waals surface area contributed by atoms with E-state index in [1.807, 2.05) is 13.8 Å². The zero-order valence-corrected chi connectivity index (χ0v) is 10.8. The van der Waals surface area contributed by atoms with Crippen LogP contribution >= 0.6 is 11.3 Å². The summed E-state index contributed by atoms with van der Waals surface area (Å²) >= 11 is 1.13. The molecular weight excluding hydrogens is 250 g/mol. The van der Waals surface area contributed by atoms with Crippen molar-refractivity contribution < 1.29 is 18.3 Å². The van der Waals surface area contributed by atoms with Crippen molar-refractivity contribution in [2.24, 2.45) is 0 Å². The average Bonchev–Trinajstić information content (AvgIpc) is 2.47. The molecule has 1 atom stereocenters. The molecule has 2 N–H and O–H groups in total. The van der Waals surface area contributed by atoms with Gasteiger partial charge >= 0.3 is 5.97 Å². The second kappa shape index (κ2) is 4.52. The second-order valence-electron chi connectivity index (χ2n) is 3.49. The number of rotatable bonds is 4. The lowest BCUT2D eigenvalue weighted by molar-refractivity contribution is -0.138. The fourth-order valence-corrected chi connectivity index (χ4v) is 3.74. The van der Waals surface area contributed by atoms with Crippen LogP contribution in [0.15, 0.2) is 10.3 Å². The lowest BCUT2D eigenvalue weighted by Gasteiger charge is -2.08. The van der Waals surface area contributed by atoms with E-state index in [1.165, 1.54) is 13.0 Å². The van der Waals surface area contributed by atoms with Gasteiger partial charge in [-0.2, -0.15) is 4.72 Å². The van der Waals surface area contributed by atoms with Gasteiger partial charge in [-0.15, -0.1) is 11.3 Å². The maximum absolute atomic E-state index is 11.7. The number of hydrogen-bond acceptors (Lipinski definition) is 4. The van der Waals surface area contributed by atoms with Gasteiger partial charge in [0.25, 0.3) is 10.0 Å². The van der Waals surface area contributed by atoms with Crippen LogP contribution in [0.5, 0.6) is 0 Å². The van der Waals surface area contributed by atoms with E-state index < -0.39 is 22.0 Å². The van der Waals surface area contributed by atoms with Crippen molar-refractivity contribution in [2.45, 2.75) is 31.0 Å². The number of hydrogen-bond donors (Lipinski definition) is 2. The fraction of sp³-hybridized carbons (Fsp3) is 0.444. The van der Waals surface area contributed by atoms with Crippen molar-refractivity contribution in [3.8, 4) is 0 Å². The van der Waals surface area contributed by atoms with Crippen molar-refractivity contribution in [2.75, 3.05) is 0 Å². The molecule has 1 aromatic rings. The van der Waals surface area contributed by atoms with Gasteiger partial charge in [0.1, 0.15) is 10.3 Å². The molecule has 0 unspecified atom stereocenters. The summed E-state index contributed by atoms with van der Waals surface area (Å²) in [5.74, 6) is -1.20. The summed E-state index contributed by atoms with van der Waals surface area (Å²) in [6.45, 7) is 4.92. The normalized spacial score (nSPS) is 13.7. The lowest BCUT2D eigenvalue weighted by Crippen LogP contribution is -2.37. The first-order valence-electron chi connectivity index (χ1n) is 4.56. The van der Waals surface area contributed by atoms with Crippen LogP contribution in [0.2, 0.25) is 0 Å². The molecule has 0 radical (unpaired) electrons. The molecule has 0 saturated heterocycles.